The van der Waals surface area contributed by atoms with Crippen LogP contribution in [0.15, 0.2) is 0 Å². The van der Waals surface area contributed by atoms with Gasteiger partial charge in [-0.15, -0.1) is 0 Å². The van der Waals surface area contributed by atoms with E-state index in [4.69, 9.17) is 28.5 Å². The first-order chi connectivity index (χ1) is 5.79. The highest BCUT2D eigenvalue weighted by atomic mass is 35.5. The number of hydrogen-bond acceptors (Lipinski definition) is 4. The maximum Gasteiger partial charge on any atom is 0.342 e. The van der Waals surface area contributed by atoms with E-state index in [0.717, 1.165) is 6.92 Å². The molecule has 4 nitrogen and oxygen atoms in total. The Morgan fingerprint density at radius 2 is 2.15 bits per heavy atom. The molecule has 0 aliphatic rings. The van der Waals surface area contributed by atoms with Crippen molar-refractivity contribution in [3.8, 4) is 6.07 Å². The summed E-state index contributed by atoms with van der Waals surface area (Å²) in [6.45, 7) is 2.66. The fraction of sp³-hybridized carbons (Fsp3) is 0.714. The Bertz CT molecular complexity index is 245. The molecule has 0 fully saturated rings. The molecule has 0 bridgehead atoms. The Labute approximate surface area is 86.0 Å². The number of halogens is 2. The lowest BCUT2D eigenvalue weighted by molar-refractivity contribution is -0.163. The van der Waals surface area contributed by atoms with Crippen molar-refractivity contribution in [2.75, 3.05) is 6.61 Å². The van der Waals surface area contributed by atoms with Gasteiger partial charge in [0.1, 0.15) is 6.07 Å². The summed E-state index contributed by atoms with van der Waals surface area (Å²) in [5.74, 6) is -1.03. The Kier molecular flexibility index (Phi) is 3.98. The highest BCUT2D eigenvalue weighted by Crippen LogP contribution is 2.34. The van der Waals surface area contributed by atoms with Crippen molar-refractivity contribution in [1.29, 1.82) is 5.26 Å². The average Bonchev–Trinajstić information content (AvgIpc) is 2.04. The first-order valence-corrected chi connectivity index (χ1v) is 4.24. The minimum Gasteiger partial charge on any atom is -0.464 e. The molecule has 0 rings (SSSR count). The number of carbonyl (C=O) groups excluding carboxylic acids is 1. The van der Waals surface area contributed by atoms with Crippen LogP contribution in [-0.4, -0.2) is 27.6 Å². The van der Waals surface area contributed by atoms with Gasteiger partial charge in [-0.2, -0.15) is 5.26 Å². The van der Waals surface area contributed by atoms with Gasteiger partial charge < -0.3 is 9.84 Å². The molecular weight excluding hydrogens is 217 g/mol. The van der Waals surface area contributed by atoms with Crippen LogP contribution in [-0.2, 0) is 9.53 Å². The van der Waals surface area contributed by atoms with Crippen molar-refractivity contribution < 1.29 is 14.6 Å². The molecule has 1 N–H and O–H groups in total. The van der Waals surface area contributed by atoms with Gasteiger partial charge in [0, 0.05) is 0 Å². The van der Waals surface area contributed by atoms with Crippen molar-refractivity contribution in [3.05, 3.63) is 0 Å². The molecule has 0 aromatic rings. The second-order valence-electron chi connectivity index (χ2n) is 2.48. The molecule has 0 saturated heterocycles. The summed E-state index contributed by atoms with van der Waals surface area (Å²) in [6.07, 6.45) is 0. The first-order valence-electron chi connectivity index (χ1n) is 3.48. The number of esters is 1. The largest absolute Gasteiger partial charge is 0.464 e. The van der Waals surface area contributed by atoms with Crippen LogP contribution in [0.5, 0.6) is 0 Å². The highest BCUT2D eigenvalue weighted by molar-refractivity contribution is 6.52. The number of hydrogen-bond donors (Lipinski definition) is 1. The van der Waals surface area contributed by atoms with Crippen molar-refractivity contribution in [2.45, 2.75) is 23.8 Å². The number of rotatable bonds is 3. The van der Waals surface area contributed by atoms with Crippen LogP contribution in [0, 0.1) is 11.3 Å². The second kappa shape index (κ2) is 4.14. The van der Waals surface area contributed by atoms with Crippen LogP contribution in [0.1, 0.15) is 13.8 Å². The maximum atomic E-state index is 11.1. The summed E-state index contributed by atoms with van der Waals surface area (Å²) < 4.78 is 2.28. The zero-order valence-electron chi connectivity index (χ0n) is 7.17. The van der Waals surface area contributed by atoms with E-state index in [1.807, 2.05) is 0 Å². The van der Waals surface area contributed by atoms with Crippen LogP contribution < -0.4 is 0 Å². The third-order valence-electron chi connectivity index (χ3n) is 1.42. The second-order valence-corrected chi connectivity index (χ2v) is 3.81. The first kappa shape index (κ1) is 12.5. The van der Waals surface area contributed by atoms with Gasteiger partial charge in [0.15, 0.2) is 0 Å². The third-order valence-corrected chi connectivity index (χ3v) is 2.33. The fourth-order valence-electron chi connectivity index (χ4n) is 0.509. The number of nitriles is 1. The molecule has 6 heteroatoms. The molecule has 0 aromatic heterocycles. The Morgan fingerprint density at radius 3 is 2.46 bits per heavy atom. The van der Waals surface area contributed by atoms with E-state index in [-0.39, 0.29) is 6.61 Å². The number of nitrogens with zero attached hydrogens (tertiary/aromatic N) is 1. The monoisotopic (exact) mass is 225 g/mol. The molecule has 1 atom stereocenters. The Morgan fingerprint density at radius 1 is 1.69 bits per heavy atom. The summed E-state index contributed by atoms with van der Waals surface area (Å²) in [6, 6.07) is 1.40. The third kappa shape index (κ3) is 2.47. The molecule has 0 saturated carbocycles. The Balaban J connectivity index is 4.77. The summed E-state index contributed by atoms with van der Waals surface area (Å²) in [7, 11) is 0. The number of aliphatic hydroxyl groups is 1. The number of ether oxygens (including phenoxy) is 1. The van der Waals surface area contributed by atoms with E-state index in [1.54, 1.807) is 6.92 Å². The fourth-order valence-corrected chi connectivity index (χ4v) is 0.663. The Hall–Kier alpha value is -0.500. The molecule has 0 aliphatic carbocycles. The van der Waals surface area contributed by atoms with Crippen molar-refractivity contribution in [1.82, 2.24) is 0 Å². The van der Waals surface area contributed by atoms with E-state index < -0.39 is 15.9 Å². The normalized spacial score (nSPS) is 15.7. The quantitative estimate of drug-likeness (QED) is 0.575. The van der Waals surface area contributed by atoms with Crippen LogP contribution in [0.25, 0.3) is 0 Å². The summed E-state index contributed by atoms with van der Waals surface area (Å²) in [5, 5.41) is 17.9. The van der Waals surface area contributed by atoms with E-state index in [1.165, 1.54) is 6.07 Å². The maximum absolute atomic E-state index is 11.1. The lowest BCUT2D eigenvalue weighted by Crippen LogP contribution is -2.50. The summed E-state index contributed by atoms with van der Waals surface area (Å²) in [5.41, 5.74) is -2.24. The van der Waals surface area contributed by atoms with Crippen LogP contribution in [0.4, 0.5) is 0 Å². The van der Waals surface area contributed by atoms with Gasteiger partial charge >= 0.3 is 5.97 Å². The summed E-state index contributed by atoms with van der Waals surface area (Å²) in [4.78, 5) is 11.1. The molecule has 1 unspecified atom stereocenters. The van der Waals surface area contributed by atoms with Gasteiger partial charge in [-0.05, 0) is 13.8 Å². The van der Waals surface area contributed by atoms with E-state index in [2.05, 4.69) is 4.74 Å². The molecule has 0 amide bonds. The minimum absolute atomic E-state index is 0.0737. The van der Waals surface area contributed by atoms with Gasteiger partial charge in [0.25, 0.3) is 0 Å². The van der Waals surface area contributed by atoms with Crippen molar-refractivity contribution in [3.63, 3.8) is 0 Å². The van der Waals surface area contributed by atoms with E-state index >= 15 is 0 Å². The van der Waals surface area contributed by atoms with Gasteiger partial charge in [-0.3, -0.25) is 0 Å². The smallest absolute Gasteiger partial charge is 0.342 e. The predicted molar refractivity (Wildman–Crippen MR) is 47.3 cm³/mol. The lowest BCUT2D eigenvalue weighted by Gasteiger charge is -2.27. The standard InChI is InChI=1S/C7H9Cl2NO3/c1-3-13-5(11)6(2,12)7(8,9)4-10/h12H,3H2,1-2H3. The van der Waals surface area contributed by atoms with Gasteiger partial charge in [0.05, 0.1) is 6.61 Å². The topological polar surface area (TPSA) is 70.3 Å². The molecule has 0 aromatic carbocycles. The highest BCUT2D eigenvalue weighted by Gasteiger charge is 2.52. The number of alkyl halides is 2. The van der Waals surface area contributed by atoms with Gasteiger partial charge in [0.2, 0.25) is 9.93 Å². The zero-order valence-corrected chi connectivity index (χ0v) is 8.69. The van der Waals surface area contributed by atoms with Crippen LogP contribution >= 0.6 is 23.2 Å². The predicted octanol–water partition coefficient (Wildman–Crippen LogP) is 0.998. The van der Waals surface area contributed by atoms with E-state index in [9.17, 15) is 9.90 Å². The summed E-state index contributed by atoms with van der Waals surface area (Å²) >= 11 is 10.8. The lowest BCUT2D eigenvalue weighted by atomic mass is 10.0. The molecule has 0 aliphatic heterocycles. The molecule has 0 heterocycles. The van der Waals surface area contributed by atoms with E-state index in [0.29, 0.717) is 0 Å². The average molecular weight is 226 g/mol. The number of carbonyl (C=O) groups is 1. The van der Waals surface area contributed by atoms with Crippen molar-refractivity contribution in [2.24, 2.45) is 0 Å². The van der Waals surface area contributed by atoms with Crippen LogP contribution in [0.3, 0.4) is 0 Å². The minimum atomic E-state index is -2.24. The van der Waals surface area contributed by atoms with Gasteiger partial charge in [-0.25, -0.2) is 4.79 Å². The zero-order chi connectivity index (χ0) is 10.7. The molecule has 0 radical (unpaired) electrons. The molecule has 13 heavy (non-hydrogen) atoms. The SMILES string of the molecule is CCOC(=O)C(C)(O)C(Cl)(Cl)C#N. The molecule has 0 spiro atoms. The molecular formula is C7H9Cl2NO3. The van der Waals surface area contributed by atoms with Crippen LogP contribution in [0.2, 0.25) is 0 Å². The van der Waals surface area contributed by atoms with Crippen molar-refractivity contribution >= 4 is 29.2 Å². The van der Waals surface area contributed by atoms with Gasteiger partial charge in [-0.1, -0.05) is 23.2 Å². The molecule has 74 valence electrons.